The zero-order chi connectivity index (χ0) is 82.4. The maximum atomic E-state index is 14.3. The summed E-state index contributed by atoms with van der Waals surface area (Å²) in [6.07, 6.45) is -7.70. The molecule has 44 heteroatoms. The molecular formula is C63H109N17O23S4. The van der Waals surface area contributed by atoms with Crippen molar-refractivity contribution in [2.24, 2.45) is 40.9 Å². The molecule has 0 saturated carbocycles. The highest BCUT2D eigenvalue weighted by molar-refractivity contribution is 7.80. The van der Waals surface area contributed by atoms with Crippen molar-refractivity contribution < 1.29 is 112 Å². The number of amides is 16. The van der Waals surface area contributed by atoms with Gasteiger partial charge in [-0.2, -0.15) is 50.5 Å². The fourth-order valence-electron chi connectivity index (χ4n) is 9.72. The number of hydrogen-bond donors (Lipinski definition) is 26. The third-order valence-corrected chi connectivity index (χ3v) is 16.8. The van der Waals surface area contributed by atoms with Crippen molar-refractivity contribution in [3.63, 3.8) is 0 Å². The van der Waals surface area contributed by atoms with Gasteiger partial charge in [-0.1, -0.05) is 55.4 Å². The number of carbonyl (C=O) groups excluding carboxylic acids is 16. The van der Waals surface area contributed by atoms with Crippen LogP contribution in [0.1, 0.15) is 127 Å². The fraction of sp³-hybridized carbons (Fsp3) is 0.714. The summed E-state index contributed by atoms with van der Waals surface area (Å²) in [6.45, 7) is 13.6. The first-order valence-electron chi connectivity index (χ1n) is 34.2. The van der Waals surface area contributed by atoms with E-state index in [-0.39, 0.29) is 60.7 Å². The van der Waals surface area contributed by atoms with Gasteiger partial charge in [0.1, 0.15) is 78.5 Å². The van der Waals surface area contributed by atoms with E-state index in [0.717, 1.165) is 13.8 Å². The lowest BCUT2D eigenvalue weighted by Crippen LogP contribution is -2.62. The van der Waals surface area contributed by atoms with Crippen LogP contribution in [0.4, 0.5) is 0 Å². The van der Waals surface area contributed by atoms with Crippen molar-refractivity contribution in [1.29, 1.82) is 0 Å². The van der Waals surface area contributed by atoms with Gasteiger partial charge < -0.3 is 117 Å². The zero-order valence-electron chi connectivity index (χ0n) is 61.3. The van der Waals surface area contributed by atoms with Gasteiger partial charge >= 0.3 is 11.9 Å². The van der Waals surface area contributed by atoms with Gasteiger partial charge in [0.2, 0.25) is 94.5 Å². The standard InChI is InChI=1S/C63H109N17O23S4/c1-26(2)15-35(54(93)72-38(18-29(7)8)58(97)79-49(31(10)83)62(101)75-37(17-28(5)6)56(95)78-43(25-107)63(102)103)71-57(96)39(19-47(87)88)74-53(92)33(11-13-44(65)84)69-52(91)34(12-14-45(66)85)70-61(100)48(30(9)82)80-60(99)41(23-105)68-46(86)20-67-51(90)40(21-81)76-55(94)36(16-27(3)4)73-59(98)42(24-106)77-50(89)32(64)22-104/h26-43,48-49,81-83,104-107H,11-25,64H2,1-10H3,(H2,65,84)(H2,66,85)(H,67,90)(H,68,86)(H,69,91)(H,70,100)(H,71,96)(H,72,93)(H,73,98)(H,74,92)(H,75,101)(H,76,94)(H,77,89)(H,78,95)(H,79,97)(H,80,99)(H,87,88)(H,102,103). The van der Waals surface area contributed by atoms with Crippen LogP contribution in [0.2, 0.25) is 0 Å². The molecule has 16 atom stereocenters. The van der Waals surface area contributed by atoms with Crippen molar-refractivity contribution in [2.45, 2.75) is 224 Å². The number of carbonyl (C=O) groups is 18. The van der Waals surface area contributed by atoms with Crippen molar-refractivity contribution in [1.82, 2.24) is 74.4 Å². The number of nitrogens with one attached hydrogen (secondary N) is 14. The van der Waals surface area contributed by atoms with Gasteiger partial charge in [0.25, 0.3) is 0 Å². The molecule has 0 aromatic heterocycles. The monoisotopic (exact) mass is 1600 g/mol. The molecule has 0 aliphatic rings. The van der Waals surface area contributed by atoms with Crippen molar-refractivity contribution in [3.05, 3.63) is 0 Å². The lowest BCUT2D eigenvalue weighted by atomic mass is 9.99. The maximum absolute atomic E-state index is 14.3. The summed E-state index contributed by atoms with van der Waals surface area (Å²) in [4.78, 5) is 239. The Bertz CT molecular complexity index is 3080. The first kappa shape index (κ1) is 98.7. The summed E-state index contributed by atoms with van der Waals surface area (Å²) in [5.74, 6) is -22.9. The number of aliphatic hydroxyl groups is 3. The zero-order valence-corrected chi connectivity index (χ0v) is 64.8. The Hall–Kier alpha value is -8.30. The van der Waals surface area contributed by atoms with Crippen LogP contribution in [-0.4, -0.2) is 265 Å². The lowest BCUT2D eigenvalue weighted by Gasteiger charge is -2.29. The minimum Gasteiger partial charge on any atom is -0.481 e. The summed E-state index contributed by atoms with van der Waals surface area (Å²) >= 11 is 16.1. The number of nitrogens with two attached hydrogens (primary N) is 3. The molecule has 0 aliphatic heterocycles. The average Bonchev–Trinajstić information content (AvgIpc) is 0.858. The molecule has 0 saturated heterocycles. The quantitative estimate of drug-likeness (QED) is 0.0252. The average molecular weight is 1600 g/mol. The second kappa shape index (κ2) is 50.4. The minimum absolute atomic E-state index is 0.00408. The molecule has 40 nitrogen and oxygen atoms in total. The summed E-state index contributed by atoms with van der Waals surface area (Å²) in [7, 11) is 0. The van der Waals surface area contributed by atoms with Crippen molar-refractivity contribution >= 4 is 157 Å². The Morgan fingerprint density at radius 1 is 0.336 bits per heavy atom. The maximum Gasteiger partial charge on any atom is 0.327 e. The molecule has 0 aliphatic carbocycles. The molecule has 0 fully saturated rings. The number of carboxylic acids is 2. The number of thiol groups is 4. The van der Waals surface area contributed by atoms with Crippen molar-refractivity contribution in [3.8, 4) is 0 Å². The highest BCUT2D eigenvalue weighted by atomic mass is 32.1. The molecular weight excluding hydrogens is 1490 g/mol. The molecule has 107 heavy (non-hydrogen) atoms. The van der Waals surface area contributed by atoms with E-state index >= 15 is 0 Å². The van der Waals surface area contributed by atoms with Gasteiger partial charge in [-0.3, -0.25) is 81.5 Å². The predicted molar refractivity (Wildman–Crippen MR) is 397 cm³/mol. The molecule has 0 rings (SSSR count). The lowest BCUT2D eigenvalue weighted by molar-refractivity contribution is -0.142. The molecule has 25 N–H and O–H groups in total. The van der Waals surface area contributed by atoms with Crippen LogP contribution in [0.3, 0.4) is 0 Å². The minimum atomic E-state index is -2.10. The summed E-state index contributed by atoms with van der Waals surface area (Å²) in [6, 6.07) is -22.7. The Morgan fingerprint density at radius 2 is 0.617 bits per heavy atom. The topological polar surface area (TPSA) is 655 Å². The van der Waals surface area contributed by atoms with Gasteiger partial charge in [-0.15, -0.1) is 0 Å². The van der Waals surface area contributed by atoms with Crippen LogP contribution in [0.25, 0.3) is 0 Å². The number of hydrogen-bond acceptors (Lipinski definition) is 26. The third kappa shape index (κ3) is 38.4. The van der Waals surface area contributed by atoms with Gasteiger partial charge in [-0.25, -0.2) is 4.79 Å². The molecule has 0 spiro atoms. The number of rotatable bonds is 52. The number of carboxylic acid groups (broad SMARTS) is 2. The summed E-state index contributed by atoms with van der Waals surface area (Å²) in [5, 5.41) is 83.3. The van der Waals surface area contributed by atoms with Crippen LogP contribution >= 0.6 is 50.5 Å². The van der Waals surface area contributed by atoms with Crippen LogP contribution < -0.4 is 91.6 Å². The normalized spacial score (nSPS) is 15.8. The highest BCUT2D eigenvalue weighted by Gasteiger charge is 2.39. The van der Waals surface area contributed by atoms with Gasteiger partial charge in [0.15, 0.2) is 0 Å². The number of aliphatic carboxylic acids is 2. The first-order valence-corrected chi connectivity index (χ1v) is 36.7. The predicted octanol–water partition coefficient (Wildman–Crippen LogP) is -8.52. The van der Waals surface area contributed by atoms with E-state index in [2.05, 4.69) is 125 Å². The summed E-state index contributed by atoms with van der Waals surface area (Å²) < 4.78 is 0. The van der Waals surface area contributed by atoms with E-state index in [9.17, 15) is 112 Å². The van der Waals surface area contributed by atoms with Crippen LogP contribution in [0, 0.1) is 23.7 Å². The van der Waals surface area contributed by atoms with Gasteiger partial charge in [-0.05, 0) is 76.0 Å². The Kier molecular flexibility index (Phi) is 46.4. The number of aliphatic hydroxyl groups excluding tert-OH is 3. The Labute approximate surface area is 641 Å². The first-order chi connectivity index (χ1) is 49.8. The molecule has 0 bridgehead atoms. The van der Waals surface area contributed by atoms with E-state index in [1.165, 1.54) is 0 Å². The smallest absolute Gasteiger partial charge is 0.327 e. The SMILES string of the molecule is CC(C)CC(NC(=O)C(CS)NC(=O)C(N)CS)C(=O)NC(CO)C(=O)NCC(=O)NC(CS)C(=O)NC(C(=O)NC(CCC(N)=O)C(=O)NC(CCC(N)=O)C(=O)NC(CC(=O)O)C(=O)NC(CC(C)C)C(=O)NC(CC(C)C)C(=O)NC(C(=O)NC(CC(C)C)C(=O)NC(CS)C(=O)O)C(C)O)C(C)O. The molecule has 608 valence electrons. The van der Waals surface area contributed by atoms with E-state index in [1.54, 1.807) is 55.4 Å². The van der Waals surface area contributed by atoms with Crippen molar-refractivity contribution in [2.75, 3.05) is 36.2 Å². The van der Waals surface area contributed by atoms with E-state index in [0.29, 0.717) is 0 Å². The molecule has 0 heterocycles. The molecule has 0 aromatic rings. The van der Waals surface area contributed by atoms with Crippen LogP contribution in [0.5, 0.6) is 0 Å². The van der Waals surface area contributed by atoms with E-state index < -0.39 is 260 Å². The van der Waals surface area contributed by atoms with Crippen LogP contribution in [-0.2, 0) is 86.3 Å². The Morgan fingerprint density at radius 3 is 0.944 bits per heavy atom. The molecule has 16 unspecified atom stereocenters. The third-order valence-electron chi connectivity index (χ3n) is 15.3. The molecule has 0 radical (unpaired) electrons. The Balaban J connectivity index is 6.76. The van der Waals surface area contributed by atoms with Crippen LogP contribution in [0.15, 0.2) is 0 Å². The second-order valence-electron chi connectivity index (χ2n) is 26.9. The van der Waals surface area contributed by atoms with Gasteiger partial charge in [0, 0.05) is 35.9 Å². The largest absolute Gasteiger partial charge is 0.481 e. The fourth-order valence-corrected chi connectivity index (χ4v) is 10.6. The highest BCUT2D eigenvalue weighted by Crippen LogP contribution is 2.14. The van der Waals surface area contributed by atoms with Gasteiger partial charge in [0.05, 0.1) is 37.8 Å². The molecule has 0 aromatic carbocycles. The molecule has 16 amide bonds. The van der Waals surface area contributed by atoms with E-state index in [1.807, 2.05) is 0 Å². The second-order valence-corrected chi connectivity index (χ2v) is 28.3. The van der Waals surface area contributed by atoms with E-state index in [4.69, 9.17) is 17.2 Å². The summed E-state index contributed by atoms with van der Waals surface area (Å²) in [5.41, 5.74) is 16.4. The number of primary amides is 2.